The maximum Gasteiger partial charge on any atom is 0.331 e. The number of nitrogens with one attached hydrogen (secondary N) is 1. The second-order valence-electron chi connectivity index (χ2n) is 3.75. The largest absolute Gasteiger partial charge is 0.452 e. The summed E-state index contributed by atoms with van der Waals surface area (Å²) < 4.78 is 4.73. The molecule has 0 radical (unpaired) electrons. The van der Waals surface area contributed by atoms with Crippen LogP contribution in [0, 0.1) is 11.3 Å². The maximum atomic E-state index is 11.4. The van der Waals surface area contributed by atoms with E-state index in [1.807, 2.05) is 6.07 Å². The van der Waals surface area contributed by atoms with Crippen LogP contribution in [-0.4, -0.2) is 25.0 Å². The van der Waals surface area contributed by atoms with E-state index in [2.05, 4.69) is 5.32 Å². The van der Waals surface area contributed by atoms with Gasteiger partial charge in [-0.15, -0.1) is 0 Å². The predicted octanol–water partition coefficient (Wildman–Crippen LogP) is 1.93. The molecular formula is C14H13ClN2O3. The molecule has 0 fully saturated rings. The van der Waals surface area contributed by atoms with Gasteiger partial charge >= 0.3 is 5.97 Å². The van der Waals surface area contributed by atoms with Gasteiger partial charge in [0.1, 0.15) is 0 Å². The Kier molecular flexibility index (Phi) is 6.87. The lowest BCUT2D eigenvalue weighted by Crippen LogP contribution is -2.29. The smallest absolute Gasteiger partial charge is 0.331 e. The summed E-state index contributed by atoms with van der Waals surface area (Å²) in [6, 6.07) is 8.85. The van der Waals surface area contributed by atoms with Crippen LogP contribution >= 0.6 is 11.6 Å². The molecule has 0 aliphatic heterocycles. The zero-order chi connectivity index (χ0) is 14.8. The highest BCUT2D eigenvalue weighted by Crippen LogP contribution is 2.11. The molecule has 1 rings (SSSR count). The average molecular weight is 293 g/mol. The van der Waals surface area contributed by atoms with Gasteiger partial charge in [-0.2, -0.15) is 5.26 Å². The van der Waals surface area contributed by atoms with Gasteiger partial charge in [0.15, 0.2) is 6.61 Å². The van der Waals surface area contributed by atoms with E-state index < -0.39 is 11.9 Å². The van der Waals surface area contributed by atoms with Gasteiger partial charge in [-0.05, 0) is 23.8 Å². The summed E-state index contributed by atoms with van der Waals surface area (Å²) in [5.74, 6) is -1.06. The number of esters is 1. The number of nitrogens with zero attached hydrogens (tertiary/aromatic N) is 1. The molecule has 0 heterocycles. The normalized spacial score (nSPS) is 10.0. The molecular weight excluding hydrogens is 280 g/mol. The Morgan fingerprint density at radius 1 is 1.45 bits per heavy atom. The molecule has 5 nitrogen and oxygen atoms in total. The number of hydrogen-bond acceptors (Lipinski definition) is 4. The van der Waals surface area contributed by atoms with Crippen LogP contribution in [0.3, 0.4) is 0 Å². The molecule has 0 aliphatic carbocycles. The predicted molar refractivity (Wildman–Crippen MR) is 74.7 cm³/mol. The third-order valence-corrected chi connectivity index (χ3v) is 2.40. The zero-order valence-electron chi connectivity index (χ0n) is 10.6. The fourth-order valence-corrected chi connectivity index (χ4v) is 1.47. The molecule has 0 aromatic heterocycles. The van der Waals surface area contributed by atoms with E-state index in [4.69, 9.17) is 21.6 Å². The molecule has 1 N–H and O–H groups in total. The Hall–Kier alpha value is -2.32. The molecule has 20 heavy (non-hydrogen) atoms. The molecule has 104 valence electrons. The van der Waals surface area contributed by atoms with Crippen molar-refractivity contribution in [2.24, 2.45) is 0 Å². The number of carbonyl (C=O) groups excluding carboxylic acids is 2. The van der Waals surface area contributed by atoms with Gasteiger partial charge in [-0.25, -0.2) is 4.79 Å². The van der Waals surface area contributed by atoms with Crippen molar-refractivity contribution in [3.63, 3.8) is 0 Å². The van der Waals surface area contributed by atoms with E-state index in [1.54, 1.807) is 30.3 Å². The summed E-state index contributed by atoms with van der Waals surface area (Å²) in [5.41, 5.74) is 0.757. The van der Waals surface area contributed by atoms with Gasteiger partial charge < -0.3 is 10.1 Å². The van der Waals surface area contributed by atoms with Crippen LogP contribution in [0.25, 0.3) is 6.08 Å². The minimum absolute atomic E-state index is 0.217. The van der Waals surface area contributed by atoms with Gasteiger partial charge in [-0.3, -0.25) is 4.79 Å². The van der Waals surface area contributed by atoms with Gasteiger partial charge in [0.05, 0.1) is 12.5 Å². The van der Waals surface area contributed by atoms with Crippen molar-refractivity contribution in [1.29, 1.82) is 5.26 Å². The highest BCUT2D eigenvalue weighted by Gasteiger charge is 2.03. The molecule has 0 saturated carbocycles. The number of carbonyl (C=O) groups is 2. The molecule has 0 bridgehead atoms. The Morgan fingerprint density at radius 2 is 2.25 bits per heavy atom. The first kappa shape index (κ1) is 15.7. The van der Waals surface area contributed by atoms with Crippen molar-refractivity contribution in [2.75, 3.05) is 13.2 Å². The van der Waals surface area contributed by atoms with Crippen molar-refractivity contribution in [3.8, 4) is 6.07 Å². The minimum Gasteiger partial charge on any atom is -0.452 e. The number of nitriles is 1. The number of halogens is 1. The Balaban J connectivity index is 2.33. The van der Waals surface area contributed by atoms with Crippen molar-refractivity contribution < 1.29 is 14.3 Å². The standard InChI is InChI=1S/C14H13ClN2O3/c15-12-4-1-3-11(9-12)5-6-14(19)20-10-13(18)17-8-2-7-16/h1,3-6,9H,2,8,10H2,(H,17,18)/b6-5+. The molecule has 1 aromatic carbocycles. The monoisotopic (exact) mass is 292 g/mol. The number of rotatable bonds is 6. The average Bonchev–Trinajstić information content (AvgIpc) is 2.43. The first-order valence-electron chi connectivity index (χ1n) is 5.86. The summed E-state index contributed by atoms with van der Waals surface area (Å²) >= 11 is 5.80. The van der Waals surface area contributed by atoms with E-state index in [9.17, 15) is 9.59 Å². The minimum atomic E-state index is -0.625. The quantitative estimate of drug-likeness (QED) is 0.493. The summed E-state index contributed by atoms with van der Waals surface area (Å²) in [4.78, 5) is 22.6. The molecule has 0 unspecified atom stereocenters. The number of amides is 1. The second kappa shape index (κ2) is 8.73. The lowest BCUT2D eigenvalue weighted by molar-refractivity contribution is -0.143. The topological polar surface area (TPSA) is 79.2 Å². The number of hydrogen-bond donors (Lipinski definition) is 1. The Bertz CT molecular complexity index is 550. The van der Waals surface area contributed by atoms with Gasteiger partial charge in [0, 0.05) is 17.6 Å². The molecule has 0 atom stereocenters. The highest BCUT2D eigenvalue weighted by molar-refractivity contribution is 6.30. The van der Waals surface area contributed by atoms with Crippen LogP contribution < -0.4 is 5.32 Å². The highest BCUT2D eigenvalue weighted by atomic mass is 35.5. The van der Waals surface area contributed by atoms with E-state index >= 15 is 0 Å². The van der Waals surface area contributed by atoms with Crippen molar-refractivity contribution in [1.82, 2.24) is 5.32 Å². The fourth-order valence-electron chi connectivity index (χ4n) is 1.27. The summed E-state index contributed by atoms with van der Waals surface area (Å²) in [6.45, 7) is -0.130. The molecule has 6 heteroatoms. The molecule has 0 aliphatic rings. The van der Waals surface area contributed by atoms with E-state index in [-0.39, 0.29) is 19.6 Å². The summed E-state index contributed by atoms with van der Waals surface area (Å²) in [7, 11) is 0. The molecule has 1 amide bonds. The lowest BCUT2D eigenvalue weighted by Gasteiger charge is -2.02. The third-order valence-electron chi connectivity index (χ3n) is 2.17. The summed E-state index contributed by atoms with van der Waals surface area (Å²) in [6.07, 6.45) is 2.98. The fraction of sp³-hybridized carbons (Fsp3) is 0.214. The van der Waals surface area contributed by atoms with Crippen LogP contribution in [0.2, 0.25) is 5.02 Å². The molecule has 0 saturated heterocycles. The van der Waals surface area contributed by atoms with Crippen LogP contribution in [0.15, 0.2) is 30.3 Å². The summed E-state index contributed by atoms with van der Waals surface area (Å²) in [5, 5.41) is 11.3. The third kappa shape index (κ3) is 6.57. The lowest BCUT2D eigenvalue weighted by atomic mass is 10.2. The Labute approximate surface area is 121 Å². The molecule has 1 aromatic rings. The van der Waals surface area contributed by atoms with Crippen molar-refractivity contribution >= 4 is 29.6 Å². The Morgan fingerprint density at radius 3 is 2.95 bits per heavy atom. The first-order valence-corrected chi connectivity index (χ1v) is 6.23. The van der Waals surface area contributed by atoms with E-state index in [0.717, 1.165) is 5.56 Å². The van der Waals surface area contributed by atoms with Crippen molar-refractivity contribution in [2.45, 2.75) is 6.42 Å². The van der Waals surface area contributed by atoms with Gasteiger partial charge in [0.2, 0.25) is 0 Å². The van der Waals surface area contributed by atoms with E-state index in [0.29, 0.717) is 5.02 Å². The van der Waals surface area contributed by atoms with E-state index in [1.165, 1.54) is 6.08 Å². The first-order chi connectivity index (χ1) is 9.61. The molecule has 0 spiro atoms. The number of ether oxygens (including phenoxy) is 1. The SMILES string of the molecule is N#CCCNC(=O)COC(=O)/C=C/c1cccc(Cl)c1. The van der Waals surface area contributed by atoms with Crippen molar-refractivity contribution in [3.05, 3.63) is 40.9 Å². The van der Waals surface area contributed by atoms with Gasteiger partial charge in [0.25, 0.3) is 5.91 Å². The zero-order valence-corrected chi connectivity index (χ0v) is 11.4. The van der Waals surface area contributed by atoms with Crippen LogP contribution in [0.1, 0.15) is 12.0 Å². The van der Waals surface area contributed by atoms with Crippen LogP contribution in [0.4, 0.5) is 0 Å². The number of benzene rings is 1. The second-order valence-corrected chi connectivity index (χ2v) is 4.19. The van der Waals surface area contributed by atoms with Crippen LogP contribution in [0.5, 0.6) is 0 Å². The van der Waals surface area contributed by atoms with Gasteiger partial charge in [-0.1, -0.05) is 23.7 Å². The van der Waals surface area contributed by atoms with Crippen LogP contribution in [-0.2, 0) is 14.3 Å². The maximum absolute atomic E-state index is 11.4.